The lowest BCUT2D eigenvalue weighted by Gasteiger charge is -2.35. The standard InChI is InChI=1S/C46H59N9O5S/c1-7-54-39-14-13-29-20-33(39)35(42(54)34-21-31(25-48-41(34)28(2)59-6)53-18-16-52(5)17-19-53)23-46(3,4)27-60-45(58)36-12-9-15-55(51-36)44(57)37(22-40-49-38(29)26-61-40)50-43(56)32-11-8-10-30(32)24-47/h13-14,20-21,25-26,28,30,32,36-37,51H,7-12,15-19,22-23,27H2,1-6H3,(H,50,56)/t28-,30+,32-,36-,37-/m0/s1. The molecule has 2 saturated heterocycles. The summed E-state index contributed by atoms with van der Waals surface area (Å²) in [5.74, 6) is -1.91. The van der Waals surface area contributed by atoms with Crippen molar-refractivity contribution in [2.24, 2.45) is 17.3 Å². The van der Waals surface area contributed by atoms with Gasteiger partial charge in [-0.3, -0.25) is 24.4 Å². The Labute approximate surface area is 362 Å². The molecule has 324 valence electrons. The summed E-state index contributed by atoms with van der Waals surface area (Å²) in [6.45, 7) is 13.5. The lowest BCUT2D eigenvalue weighted by Crippen LogP contribution is -2.60. The predicted octanol–water partition coefficient (Wildman–Crippen LogP) is 5.89. The molecule has 3 aliphatic heterocycles. The van der Waals surface area contributed by atoms with E-state index in [1.165, 1.54) is 16.3 Å². The van der Waals surface area contributed by atoms with Gasteiger partial charge in [-0.05, 0) is 76.8 Å². The normalized spacial score (nSPS) is 24.3. The molecular weight excluding hydrogens is 791 g/mol. The number of aromatic nitrogens is 3. The van der Waals surface area contributed by atoms with E-state index in [0.29, 0.717) is 50.2 Å². The minimum atomic E-state index is -0.944. The third-order valence-corrected chi connectivity index (χ3v) is 14.0. The molecule has 5 atom stereocenters. The van der Waals surface area contributed by atoms with Gasteiger partial charge in [0.15, 0.2) is 0 Å². The zero-order chi connectivity index (χ0) is 43.0. The number of benzene rings is 1. The van der Waals surface area contributed by atoms with E-state index in [1.807, 2.05) is 18.5 Å². The van der Waals surface area contributed by atoms with E-state index in [2.05, 4.69) is 83.3 Å². The molecule has 15 heteroatoms. The Kier molecular flexibility index (Phi) is 12.5. The second-order valence-corrected chi connectivity index (χ2v) is 19.0. The number of carbonyl (C=O) groups is 3. The number of hydrogen-bond acceptors (Lipinski definition) is 12. The molecule has 4 aromatic rings. The molecule has 2 N–H and O–H groups in total. The van der Waals surface area contributed by atoms with Crippen LogP contribution in [-0.4, -0.2) is 108 Å². The molecule has 2 amide bonds. The monoisotopic (exact) mass is 849 g/mol. The molecule has 3 fully saturated rings. The first-order valence-electron chi connectivity index (χ1n) is 21.9. The highest BCUT2D eigenvalue weighted by Gasteiger charge is 2.39. The number of hydrogen-bond donors (Lipinski definition) is 2. The average Bonchev–Trinajstić information content (AvgIpc) is 4.02. The van der Waals surface area contributed by atoms with Crippen molar-refractivity contribution in [2.45, 2.75) is 97.4 Å². The molecule has 6 heterocycles. The third-order valence-electron chi connectivity index (χ3n) is 13.1. The van der Waals surface area contributed by atoms with Crippen LogP contribution >= 0.6 is 11.3 Å². The van der Waals surface area contributed by atoms with Crippen LogP contribution in [0.25, 0.3) is 33.4 Å². The zero-order valence-electron chi connectivity index (χ0n) is 36.3. The van der Waals surface area contributed by atoms with Gasteiger partial charge in [0.05, 0.1) is 64.6 Å². The zero-order valence-corrected chi connectivity index (χ0v) is 37.1. The van der Waals surface area contributed by atoms with Crippen LogP contribution in [0.2, 0.25) is 0 Å². The number of ether oxygens (including phenoxy) is 2. The van der Waals surface area contributed by atoms with Crippen LogP contribution in [-0.2, 0) is 43.2 Å². The number of hydrazine groups is 1. The van der Waals surface area contributed by atoms with Crippen LogP contribution in [0.4, 0.5) is 5.69 Å². The number of aryl methyl sites for hydroxylation is 1. The molecule has 61 heavy (non-hydrogen) atoms. The number of fused-ring (bicyclic) bond motifs is 6. The minimum Gasteiger partial charge on any atom is -0.464 e. The lowest BCUT2D eigenvalue weighted by atomic mass is 9.84. The molecule has 6 bridgehead atoms. The Bertz CT molecular complexity index is 2320. The lowest BCUT2D eigenvalue weighted by molar-refractivity contribution is -0.155. The molecule has 8 rings (SSSR count). The van der Waals surface area contributed by atoms with Crippen LogP contribution in [0.3, 0.4) is 0 Å². The second kappa shape index (κ2) is 17.8. The fourth-order valence-electron chi connectivity index (χ4n) is 9.54. The Morgan fingerprint density at radius 2 is 1.93 bits per heavy atom. The van der Waals surface area contributed by atoms with Crippen LogP contribution in [0.1, 0.15) is 82.2 Å². The fraction of sp³-hybridized carbons (Fsp3) is 0.565. The Hall–Kier alpha value is -4.88. The number of methoxy groups -OCH3 is 1. The Balaban J connectivity index is 1.25. The summed E-state index contributed by atoms with van der Waals surface area (Å²) >= 11 is 1.45. The van der Waals surface area contributed by atoms with E-state index in [9.17, 15) is 19.6 Å². The molecule has 4 aliphatic rings. The second-order valence-electron chi connectivity index (χ2n) is 18.0. The summed E-state index contributed by atoms with van der Waals surface area (Å²) in [6.07, 6.45) is 5.65. The predicted molar refractivity (Wildman–Crippen MR) is 235 cm³/mol. The molecule has 1 saturated carbocycles. The van der Waals surface area contributed by atoms with Gasteiger partial charge in [0.1, 0.15) is 12.1 Å². The first kappa shape index (κ1) is 42.8. The topological polar surface area (TPSA) is 158 Å². The van der Waals surface area contributed by atoms with Gasteiger partial charge < -0.3 is 29.2 Å². The fourth-order valence-corrected chi connectivity index (χ4v) is 10.4. The van der Waals surface area contributed by atoms with E-state index < -0.39 is 29.4 Å². The Morgan fingerprint density at radius 3 is 2.69 bits per heavy atom. The van der Waals surface area contributed by atoms with Gasteiger partial charge in [-0.2, -0.15) is 5.26 Å². The van der Waals surface area contributed by atoms with Crippen molar-refractivity contribution < 1.29 is 23.9 Å². The maximum atomic E-state index is 14.3. The molecule has 1 aliphatic carbocycles. The van der Waals surface area contributed by atoms with Crippen molar-refractivity contribution in [3.8, 4) is 28.6 Å². The van der Waals surface area contributed by atoms with Crippen LogP contribution in [0.15, 0.2) is 35.8 Å². The van der Waals surface area contributed by atoms with E-state index in [0.717, 1.165) is 83.0 Å². The largest absolute Gasteiger partial charge is 0.464 e. The van der Waals surface area contributed by atoms with E-state index in [1.54, 1.807) is 7.11 Å². The number of esters is 1. The number of nitrogens with one attached hydrogen (secondary N) is 2. The third kappa shape index (κ3) is 8.78. The molecule has 3 aromatic heterocycles. The summed E-state index contributed by atoms with van der Waals surface area (Å²) in [5.41, 5.74) is 10.6. The van der Waals surface area contributed by atoms with Crippen molar-refractivity contribution in [1.82, 2.24) is 35.2 Å². The number of nitrogens with zero attached hydrogens (tertiary/aromatic N) is 7. The van der Waals surface area contributed by atoms with Crippen LogP contribution in [0.5, 0.6) is 0 Å². The number of rotatable bonds is 7. The van der Waals surface area contributed by atoms with Gasteiger partial charge >= 0.3 is 5.97 Å². The van der Waals surface area contributed by atoms with Crippen molar-refractivity contribution in [2.75, 3.05) is 58.4 Å². The molecule has 0 spiro atoms. The number of nitriles is 1. The summed E-state index contributed by atoms with van der Waals surface area (Å²) in [4.78, 5) is 56.8. The number of thiazole rings is 1. The summed E-state index contributed by atoms with van der Waals surface area (Å²) in [6, 6.07) is 9.40. The summed E-state index contributed by atoms with van der Waals surface area (Å²) in [7, 11) is 3.88. The highest BCUT2D eigenvalue weighted by Crippen LogP contribution is 2.43. The van der Waals surface area contributed by atoms with Crippen LogP contribution in [0, 0.1) is 28.6 Å². The molecule has 1 aromatic carbocycles. The number of cyclic esters (lactones) is 1. The highest BCUT2D eigenvalue weighted by atomic mass is 32.1. The van der Waals surface area contributed by atoms with Gasteiger partial charge in [0.25, 0.3) is 5.91 Å². The molecular formula is C46H59N9O5S. The summed E-state index contributed by atoms with van der Waals surface area (Å²) in [5, 5.41) is 18.0. The highest BCUT2D eigenvalue weighted by molar-refractivity contribution is 7.10. The van der Waals surface area contributed by atoms with Crippen molar-refractivity contribution >= 4 is 45.7 Å². The molecule has 0 unspecified atom stereocenters. The maximum Gasteiger partial charge on any atom is 0.324 e. The van der Waals surface area contributed by atoms with E-state index in [-0.39, 0.29) is 36.9 Å². The van der Waals surface area contributed by atoms with Gasteiger partial charge in [0, 0.05) is 85.6 Å². The average molecular weight is 850 g/mol. The maximum absolute atomic E-state index is 14.3. The summed E-state index contributed by atoms with van der Waals surface area (Å²) < 4.78 is 14.5. The number of pyridine rings is 1. The first-order valence-corrected chi connectivity index (χ1v) is 22.8. The minimum absolute atomic E-state index is 0.159. The SMILES string of the molecule is CCn1c(-c2cc(N3CCN(C)CC3)cnc2[C@H](C)OC)c2c3cc(ccc31)-c1csc(n1)C[C@H](NC(=O)[C@H]1CCC[C@@H]1C#N)C(=O)N1CCC[C@H](N1)C(=O)OCC(C)(C)C2. The van der Waals surface area contributed by atoms with Crippen molar-refractivity contribution in [1.29, 1.82) is 5.26 Å². The smallest absolute Gasteiger partial charge is 0.324 e. The van der Waals surface area contributed by atoms with Gasteiger partial charge in [-0.25, -0.2) is 10.4 Å². The van der Waals surface area contributed by atoms with E-state index >= 15 is 0 Å². The number of anilines is 1. The van der Waals surface area contributed by atoms with Crippen LogP contribution < -0.4 is 15.6 Å². The quantitative estimate of drug-likeness (QED) is 0.214. The van der Waals surface area contributed by atoms with Gasteiger partial charge in [-0.15, -0.1) is 11.3 Å². The first-order chi connectivity index (χ1) is 29.4. The number of amides is 2. The number of piperazine rings is 1. The van der Waals surface area contributed by atoms with Crippen molar-refractivity contribution in [3.05, 3.63) is 52.1 Å². The number of carbonyl (C=O) groups excluding carboxylic acids is 3. The number of likely N-dealkylation sites (N-methyl/N-ethyl adjacent to an activating group) is 1. The van der Waals surface area contributed by atoms with Gasteiger partial charge in [-0.1, -0.05) is 26.3 Å². The van der Waals surface area contributed by atoms with E-state index in [4.69, 9.17) is 19.4 Å². The van der Waals surface area contributed by atoms with Gasteiger partial charge in [0.2, 0.25) is 5.91 Å². The Morgan fingerprint density at radius 1 is 1.13 bits per heavy atom. The van der Waals surface area contributed by atoms with Crippen molar-refractivity contribution in [3.63, 3.8) is 0 Å². The molecule has 0 radical (unpaired) electrons. The molecule has 14 nitrogen and oxygen atoms in total.